The van der Waals surface area contributed by atoms with Gasteiger partial charge in [-0.2, -0.15) is 0 Å². The van der Waals surface area contributed by atoms with E-state index in [1.54, 1.807) is 0 Å². The lowest BCUT2D eigenvalue weighted by atomic mass is 10.0. The second-order valence-electron chi connectivity index (χ2n) is 6.67. The van der Waals surface area contributed by atoms with Crippen molar-refractivity contribution in [2.45, 2.75) is 116 Å². The first kappa shape index (κ1) is 22.0. The lowest BCUT2D eigenvalue weighted by Crippen LogP contribution is -2.08. The quantitative estimate of drug-likeness (QED) is 0.270. The minimum atomic E-state index is -0.254. The predicted molar refractivity (Wildman–Crippen MR) is 101 cm³/mol. The molecule has 23 heavy (non-hydrogen) atoms. The molecule has 0 aliphatic heterocycles. The van der Waals surface area contributed by atoms with Gasteiger partial charge in [-0.1, -0.05) is 90.4 Å². The van der Waals surface area contributed by atoms with E-state index in [2.05, 4.69) is 18.8 Å². The van der Waals surface area contributed by atoms with E-state index in [4.69, 9.17) is 5.73 Å². The molecular weight excluding hydrogens is 282 g/mol. The summed E-state index contributed by atoms with van der Waals surface area (Å²) in [6.07, 6.45) is 21.4. The highest BCUT2D eigenvalue weighted by Gasteiger charge is 1.94. The highest BCUT2D eigenvalue weighted by molar-refractivity contribution is 5.73. The fourth-order valence-electron chi connectivity index (χ4n) is 2.77. The Bertz CT molecular complexity index is 314. The van der Waals surface area contributed by atoms with Gasteiger partial charge in [-0.05, 0) is 6.42 Å². The summed E-state index contributed by atoms with van der Waals surface area (Å²) in [5.41, 5.74) is 5.06. The zero-order valence-electron chi connectivity index (χ0n) is 15.5. The molecule has 0 bridgehead atoms. The van der Waals surface area contributed by atoms with Gasteiger partial charge >= 0.3 is 0 Å². The van der Waals surface area contributed by atoms with Gasteiger partial charge in [-0.3, -0.25) is 4.79 Å². The van der Waals surface area contributed by atoms with Crippen LogP contribution < -0.4 is 5.73 Å². The van der Waals surface area contributed by atoms with Gasteiger partial charge < -0.3 is 5.73 Å². The summed E-state index contributed by atoms with van der Waals surface area (Å²) in [5.74, 6) is 5.89. The van der Waals surface area contributed by atoms with Gasteiger partial charge in [0.2, 0.25) is 5.91 Å². The molecule has 0 aromatic carbocycles. The molecule has 2 heteroatoms. The summed E-state index contributed by atoms with van der Waals surface area (Å²) < 4.78 is 0. The number of rotatable bonds is 16. The molecule has 0 fully saturated rings. The Morgan fingerprint density at radius 3 is 1.48 bits per heavy atom. The first-order valence-corrected chi connectivity index (χ1v) is 10.0. The first-order chi connectivity index (χ1) is 11.3. The predicted octanol–water partition coefficient (Wildman–Crippen LogP) is 6.13. The molecule has 0 saturated heterocycles. The summed E-state index contributed by atoms with van der Waals surface area (Å²) in [6.45, 7) is 2.28. The standard InChI is InChI=1S/C21H39NO/c1-2-3-4-5-6-7-8-9-10-11-12-13-14-15-16-17-18-19-20-21(22)23/h2-16,19-20H2,1H3,(H2,22,23). The fourth-order valence-corrected chi connectivity index (χ4v) is 2.77. The van der Waals surface area contributed by atoms with Crippen LogP contribution in [0.1, 0.15) is 116 Å². The van der Waals surface area contributed by atoms with Crippen LogP contribution in [0.3, 0.4) is 0 Å². The Kier molecular flexibility index (Phi) is 18.3. The molecule has 1 amide bonds. The normalized spacial score (nSPS) is 10.3. The Morgan fingerprint density at radius 2 is 1.04 bits per heavy atom. The van der Waals surface area contributed by atoms with Crippen LogP contribution >= 0.6 is 0 Å². The summed E-state index contributed by atoms with van der Waals surface area (Å²) in [6, 6.07) is 0. The van der Waals surface area contributed by atoms with Crippen molar-refractivity contribution in [3.8, 4) is 11.8 Å². The van der Waals surface area contributed by atoms with E-state index in [1.165, 1.54) is 89.9 Å². The highest BCUT2D eigenvalue weighted by atomic mass is 16.1. The topological polar surface area (TPSA) is 43.1 Å². The van der Waals surface area contributed by atoms with Gasteiger partial charge in [0, 0.05) is 19.3 Å². The minimum absolute atomic E-state index is 0.254. The van der Waals surface area contributed by atoms with Gasteiger partial charge in [-0.25, -0.2) is 0 Å². The van der Waals surface area contributed by atoms with Crippen molar-refractivity contribution in [1.29, 1.82) is 0 Å². The fraction of sp³-hybridized carbons (Fsp3) is 0.857. The second-order valence-corrected chi connectivity index (χ2v) is 6.67. The van der Waals surface area contributed by atoms with E-state index in [-0.39, 0.29) is 5.91 Å². The van der Waals surface area contributed by atoms with Crippen LogP contribution in [0.15, 0.2) is 0 Å². The SMILES string of the molecule is CCCCCCCCCCCCCCCCC#CCCC(N)=O. The number of unbranched alkanes of at least 4 members (excludes halogenated alkanes) is 14. The zero-order valence-corrected chi connectivity index (χ0v) is 15.5. The van der Waals surface area contributed by atoms with Gasteiger partial charge in [0.1, 0.15) is 0 Å². The minimum Gasteiger partial charge on any atom is -0.370 e. The van der Waals surface area contributed by atoms with Crippen LogP contribution in [0, 0.1) is 11.8 Å². The van der Waals surface area contributed by atoms with Crippen molar-refractivity contribution >= 4 is 5.91 Å². The van der Waals surface area contributed by atoms with Gasteiger partial charge in [0.05, 0.1) is 0 Å². The molecule has 0 aromatic rings. The molecule has 0 unspecified atom stereocenters. The van der Waals surface area contributed by atoms with Crippen LogP contribution in [0.5, 0.6) is 0 Å². The number of primary amides is 1. The van der Waals surface area contributed by atoms with Gasteiger partial charge in [0.25, 0.3) is 0 Å². The molecule has 2 nitrogen and oxygen atoms in total. The Labute approximate surface area is 145 Å². The van der Waals surface area contributed by atoms with E-state index in [9.17, 15) is 4.79 Å². The molecule has 0 saturated carbocycles. The number of hydrogen-bond acceptors (Lipinski definition) is 1. The lowest BCUT2D eigenvalue weighted by molar-refractivity contribution is -0.117. The summed E-state index contributed by atoms with van der Waals surface area (Å²) in [4.78, 5) is 10.5. The Balaban J connectivity index is 3.06. The molecule has 0 atom stereocenters. The second kappa shape index (κ2) is 19.1. The van der Waals surface area contributed by atoms with Crippen LogP contribution in [0.4, 0.5) is 0 Å². The third kappa shape index (κ3) is 21.0. The van der Waals surface area contributed by atoms with Crippen molar-refractivity contribution in [3.05, 3.63) is 0 Å². The van der Waals surface area contributed by atoms with E-state index in [1.807, 2.05) is 0 Å². The summed E-state index contributed by atoms with van der Waals surface area (Å²) in [5, 5.41) is 0. The van der Waals surface area contributed by atoms with Gasteiger partial charge in [0.15, 0.2) is 0 Å². The molecule has 0 spiro atoms. The zero-order chi connectivity index (χ0) is 17.0. The van der Waals surface area contributed by atoms with Crippen LogP contribution in [-0.4, -0.2) is 5.91 Å². The largest absolute Gasteiger partial charge is 0.370 e. The highest BCUT2D eigenvalue weighted by Crippen LogP contribution is 2.13. The number of carbonyl (C=O) groups is 1. The van der Waals surface area contributed by atoms with Crippen molar-refractivity contribution in [2.24, 2.45) is 5.73 Å². The number of carbonyl (C=O) groups excluding carboxylic acids is 1. The van der Waals surface area contributed by atoms with E-state index >= 15 is 0 Å². The third-order valence-electron chi connectivity index (χ3n) is 4.28. The molecule has 0 radical (unpaired) electrons. The van der Waals surface area contributed by atoms with Crippen molar-refractivity contribution in [1.82, 2.24) is 0 Å². The third-order valence-corrected chi connectivity index (χ3v) is 4.28. The maximum absolute atomic E-state index is 10.5. The molecule has 0 aromatic heterocycles. The van der Waals surface area contributed by atoms with E-state index in [0.717, 1.165) is 6.42 Å². The Hall–Kier alpha value is -0.970. The smallest absolute Gasteiger partial charge is 0.218 e. The van der Waals surface area contributed by atoms with Crippen LogP contribution in [-0.2, 0) is 4.79 Å². The number of nitrogens with two attached hydrogens (primary N) is 1. The van der Waals surface area contributed by atoms with Crippen LogP contribution in [0.2, 0.25) is 0 Å². The molecule has 0 rings (SSSR count). The maximum atomic E-state index is 10.5. The average molecular weight is 322 g/mol. The lowest BCUT2D eigenvalue weighted by Gasteiger charge is -2.02. The van der Waals surface area contributed by atoms with Crippen molar-refractivity contribution in [2.75, 3.05) is 0 Å². The van der Waals surface area contributed by atoms with Crippen molar-refractivity contribution in [3.63, 3.8) is 0 Å². The van der Waals surface area contributed by atoms with Crippen molar-refractivity contribution < 1.29 is 4.79 Å². The molecule has 2 N–H and O–H groups in total. The molecule has 134 valence electrons. The first-order valence-electron chi connectivity index (χ1n) is 10.0. The summed E-state index contributed by atoms with van der Waals surface area (Å²) >= 11 is 0. The molecule has 0 heterocycles. The van der Waals surface area contributed by atoms with E-state index in [0.29, 0.717) is 12.8 Å². The van der Waals surface area contributed by atoms with Crippen LogP contribution in [0.25, 0.3) is 0 Å². The van der Waals surface area contributed by atoms with E-state index < -0.39 is 0 Å². The maximum Gasteiger partial charge on any atom is 0.218 e. The number of amides is 1. The Morgan fingerprint density at radius 1 is 0.652 bits per heavy atom. The summed E-state index contributed by atoms with van der Waals surface area (Å²) in [7, 11) is 0. The van der Waals surface area contributed by atoms with Gasteiger partial charge in [-0.15, -0.1) is 11.8 Å². The number of hydrogen-bond donors (Lipinski definition) is 1. The molecule has 0 aliphatic rings. The average Bonchev–Trinajstić information content (AvgIpc) is 2.53. The monoisotopic (exact) mass is 321 g/mol. The molecule has 0 aliphatic carbocycles. The molecular formula is C21H39NO.